The normalized spacial score (nSPS) is 12.2. The zero-order valence-corrected chi connectivity index (χ0v) is 18.0. The molecule has 0 aliphatic carbocycles. The number of fused-ring (bicyclic) bond motifs is 2. The minimum atomic E-state index is -0.533. The molecule has 8 heteroatoms. The van der Waals surface area contributed by atoms with Crippen LogP contribution in [0.1, 0.15) is 28.5 Å². The van der Waals surface area contributed by atoms with Crippen molar-refractivity contribution in [1.29, 1.82) is 0 Å². The number of hydrogen-bond donors (Lipinski definition) is 3. The van der Waals surface area contributed by atoms with Crippen LogP contribution in [0, 0.1) is 5.82 Å². The van der Waals surface area contributed by atoms with Crippen LogP contribution in [0.5, 0.6) is 0 Å². The Bertz CT molecular complexity index is 1560. The highest BCUT2D eigenvalue weighted by atomic mass is 19.1. The number of hydrogen-bond acceptors (Lipinski definition) is 4. The summed E-state index contributed by atoms with van der Waals surface area (Å²) in [5, 5.41) is 18.6. The van der Waals surface area contributed by atoms with E-state index in [4.69, 9.17) is 0 Å². The number of aromatic amines is 1. The Morgan fingerprint density at radius 2 is 1.82 bits per heavy atom. The smallest absolute Gasteiger partial charge is 0.274 e. The molecule has 0 radical (unpaired) electrons. The molecule has 1 amide bonds. The van der Waals surface area contributed by atoms with E-state index in [2.05, 4.69) is 15.4 Å². The Balaban J connectivity index is 1.46. The molecule has 1 unspecified atom stereocenters. The SMILES string of the molecule is O=C(NC(CCO)c1ccc(F)cc1)c1cc2c(=O)[nH]c(-c3ccc4ccccc4c3)cn2n1. The molecule has 0 bridgehead atoms. The average Bonchev–Trinajstić information content (AvgIpc) is 3.29. The molecular formula is C26H21FN4O3. The molecular weight excluding hydrogens is 435 g/mol. The van der Waals surface area contributed by atoms with E-state index < -0.39 is 11.9 Å². The van der Waals surface area contributed by atoms with Crippen molar-refractivity contribution < 1.29 is 14.3 Å². The third-order valence-electron chi connectivity index (χ3n) is 5.76. The zero-order valence-electron chi connectivity index (χ0n) is 18.0. The predicted octanol–water partition coefficient (Wildman–Crippen LogP) is 3.84. The lowest BCUT2D eigenvalue weighted by Crippen LogP contribution is -2.29. The summed E-state index contributed by atoms with van der Waals surface area (Å²) in [6.45, 7) is -0.164. The molecule has 5 rings (SSSR count). The van der Waals surface area contributed by atoms with Gasteiger partial charge in [-0.3, -0.25) is 9.59 Å². The minimum absolute atomic E-state index is 0.0613. The summed E-state index contributed by atoms with van der Waals surface area (Å²) in [7, 11) is 0. The van der Waals surface area contributed by atoms with Gasteiger partial charge in [0.2, 0.25) is 0 Å². The lowest BCUT2D eigenvalue weighted by molar-refractivity contribution is 0.0924. The van der Waals surface area contributed by atoms with Crippen molar-refractivity contribution in [2.75, 3.05) is 6.61 Å². The van der Waals surface area contributed by atoms with Crippen molar-refractivity contribution in [2.24, 2.45) is 0 Å². The van der Waals surface area contributed by atoms with Crippen LogP contribution in [0.3, 0.4) is 0 Å². The van der Waals surface area contributed by atoms with Gasteiger partial charge in [-0.1, -0.05) is 48.5 Å². The predicted molar refractivity (Wildman–Crippen MR) is 127 cm³/mol. The highest BCUT2D eigenvalue weighted by molar-refractivity contribution is 5.94. The molecule has 0 spiro atoms. The number of aliphatic hydroxyl groups is 1. The Kier molecular flexibility index (Phi) is 5.65. The molecule has 0 saturated carbocycles. The van der Waals surface area contributed by atoms with Crippen molar-refractivity contribution in [3.05, 3.63) is 106 Å². The summed E-state index contributed by atoms with van der Waals surface area (Å²) in [4.78, 5) is 28.5. The van der Waals surface area contributed by atoms with Crippen molar-refractivity contribution in [3.8, 4) is 11.3 Å². The van der Waals surface area contributed by atoms with E-state index in [1.807, 2.05) is 42.5 Å². The van der Waals surface area contributed by atoms with Gasteiger partial charge in [0, 0.05) is 18.2 Å². The maximum atomic E-state index is 13.3. The number of nitrogens with zero attached hydrogens (tertiary/aromatic N) is 2. The first-order valence-corrected chi connectivity index (χ1v) is 10.8. The fourth-order valence-electron chi connectivity index (χ4n) is 4.00. The number of aliphatic hydroxyl groups excluding tert-OH is 1. The number of H-pyrrole nitrogens is 1. The van der Waals surface area contributed by atoms with Gasteiger partial charge in [-0.15, -0.1) is 0 Å². The van der Waals surface area contributed by atoms with Gasteiger partial charge in [0.25, 0.3) is 11.5 Å². The third-order valence-corrected chi connectivity index (χ3v) is 5.76. The van der Waals surface area contributed by atoms with Crippen LogP contribution < -0.4 is 10.9 Å². The van der Waals surface area contributed by atoms with Crippen molar-refractivity contribution in [2.45, 2.75) is 12.5 Å². The molecule has 2 heterocycles. The van der Waals surface area contributed by atoms with Crippen LogP contribution in [-0.2, 0) is 0 Å². The van der Waals surface area contributed by atoms with E-state index >= 15 is 0 Å². The maximum Gasteiger partial charge on any atom is 0.274 e. The number of rotatable bonds is 6. The number of carbonyl (C=O) groups excluding carboxylic acids is 1. The second kappa shape index (κ2) is 8.92. The number of benzene rings is 3. The average molecular weight is 456 g/mol. The molecule has 0 aliphatic rings. The van der Waals surface area contributed by atoms with E-state index in [0.717, 1.165) is 16.3 Å². The van der Waals surface area contributed by atoms with Crippen LogP contribution in [0.15, 0.2) is 83.8 Å². The van der Waals surface area contributed by atoms with E-state index in [-0.39, 0.29) is 35.6 Å². The molecule has 3 aromatic carbocycles. The van der Waals surface area contributed by atoms with E-state index in [1.54, 1.807) is 18.3 Å². The largest absolute Gasteiger partial charge is 0.396 e. The van der Waals surface area contributed by atoms with E-state index in [9.17, 15) is 19.1 Å². The first kappa shape index (κ1) is 21.5. The third kappa shape index (κ3) is 4.18. The molecule has 0 aliphatic heterocycles. The van der Waals surface area contributed by atoms with Gasteiger partial charge in [0.05, 0.1) is 17.9 Å². The number of aromatic nitrogens is 3. The Labute approximate surface area is 193 Å². The topological polar surface area (TPSA) is 99.5 Å². The summed E-state index contributed by atoms with van der Waals surface area (Å²) >= 11 is 0. The summed E-state index contributed by atoms with van der Waals surface area (Å²) < 4.78 is 14.7. The number of nitrogens with one attached hydrogen (secondary N) is 2. The minimum Gasteiger partial charge on any atom is -0.396 e. The lowest BCUT2D eigenvalue weighted by Gasteiger charge is -2.17. The molecule has 5 aromatic rings. The Hall–Kier alpha value is -4.30. The summed E-state index contributed by atoms with van der Waals surface area (Å²) in [6, 6.07) is 20.4. The molecule has 0 saturated heterocycles. The molecule has 170 valence electrons. The maximum absolute atomic E-state index is 13.3. The first-order valence-electron chi connectivity index (χ1n) is 10.8. The Morgan fingerprint density at radius 1 is 1.06 bits per heavy atom. The van der Waals surface area contributed by atoms with Gasteiger partial charge >= 0.3 is 0 Å². The fraction of sp³-hybridized carbons (Fsp3) is 0.115. The molecule has 0 fully saturated rings. The fourth-order valence-corrected chi connectivity index (χ4v) is 4.00. The number of halogens is 1. The van der Waals surface area contributed by atoms with Gasteiger partial charge in [-0.05, 0) is 41.0 Å². The van der Waals surface area contributed by atoms with Gasteiger partial charge in [-0.25, -0.2) is 8.91 Å². The van der Waals surface area contributed by atoms with Gasteiger partial charge in [-0.2, -0.15) is 5.10 Å². The van der Waals surface area contributed by atoms with Crippen LogP contribution in [0.2, 0.25) is 0 Å². The number of carbonyl (C=O) groups is 1. The summed E-state index contributed by atoms with van der Waals surface area (Å²) in [6.07, 6.45) is 1.92. The van der Waals surface area contributed by atoms with Gasteiger partial charge in [0.1, 0.15) is 11.3 Å². The molecule has 2 aromatic heterocycles. The van der Waals surface area contributed by atoms with Gasteiger partial charge in [0.15, 0.2) is 5.69 Å². The summed E-state index contributed by atoms with van der Waals surface area (Å²) in [5.74, 6) is -0.891. The van der Waals surface area contributed by atoms with E-state index in [1.165, 1.54) is 22.7 Å². The Morgan fingerprint density at radius 3 is 2.59 bits per heavy atom. The van der Waals surface area contributed by atoms with Crippen molar-refractivity contribution in [3.63, 3.8) is 0 Å². The van der Waals surface area contributed by atoms with Crippen molar-refractivity contribution in [1.82, 2.24) is 19.9 Å². The van der Waals surface area contributed by atoms with Crippen LogP contribution in [0.4, 0.5) is 4.39 Å². The summed E-state index contributed by atoms with van der Waals surface area (Å²) in [5.41, 5.74) is 1.97. The molecule has 7 nitrogen and oxygen atoms in total. The highest BCUT2D eigenvalue weighted by Gasteiger charge is 2.19. The number of amides is 1. The van der Waals surface area contributed by atoms with Crippen LogP contribution >= 0.6 is 0 Å². The lowest BCUT2D eigenvalue weighted by atomic mass is 10.0. The second-order valence-electron chi connectivity index (χ2n) is 8.01. The van der Waals surface area contributed by atoms with Crippen LogP contribution in [-0.4, -0.2) is 32.2 Å². The quantitative estimate of drug-likeness (QED) is 0.362. The molecule has 3 N–H and O–H groups in total. The van der Waals surface area contributed by atoms with Crippen molar-refractivity contribution >= 4 is 22.2 Å². The molecule has 1 atom stereocenters. The highest BCUT2D eigenvalue weighted by Crippen LogP contribution is 2.23. The van der Waals surface area contributed by atoms with E-state index in [0.29, 0.717) is 11.3 Å². The van der Waals surface area contributed by atoms with Crippen LogP contribution in [0.25, 0.3) is 27.5 Å². The monoisotopic (exact) mass is 456 g/mol. The second-order valence-corrected chi connectivity index (χ2v) is 8.01. The molecule has 34 heavy (non-hydrogen) atoms. The first-order chi connectivity index (χ1) is 16.5. The van der Waals surface area contributed by atoms with Gasteiger partial charge < -0.3 is 15.4 Å². The standard InChI is InChI=1S/C26H21FN4O3/c27-20-9-7-17(8-10-20)21(11-12-32)28-25(33)22-14-24-26(34)29-23(15-31(24)30-22)19-6-5-16-3-1-2-4-18(16)13-19/h1-10,13-15,21,32H,11-12H2,(H,28,33)(H,29,34). The zero-order chi connectivity index (χ0) is 23.7.